The molecule has 0 radical (unpaired) electrons. The lowest BCUT2D eigenvalue weighted by Crippen LogP contribution is -2.08. The Balaban J connectivity index is 2.61. The zero-order valence-electron chi connectivity index (χ0n) is 14.9. The fourth-order valence-corrected chi connectivity index (χ4v) is 3.90. The predicted molar refractivity (Wildman–Crippen MR) is 94.1 cm³/mol. The van der Waals surface area contributed by atoms with Crippen LogP contribution >= 0.6 is 0 Å². The number of rotatable bonds is 9. The van der Waals surface area contributed by atoms with Crippen LogP contribution in [-0.4, -0.2) is 13.5 Å². The number of phenolic OH excluding ortho intramolecular Hbond substituents is 1. The lowest BCUT2D eigenvalue weighted by molar-refractivity contribution is 0.416. The standard InChI is InChI=1S/C18H28O5S/c1-4-7-10-13-14(11-8-5-2)16(19)18-17(15(13)12-9-6-3)22-24(20,21)23-18/h19H,4-12H2,1-3H3. The molecular weight excluding hydrogens is 328 g/mol. The Hall–Kier alpha value is -1.43. The normalized spacial score (nSPS) is 15.0. The summed E-state index contributed by atoms with van der Waals surface area (Å²) in [7, 11) is -4.11. The minimum atomic E-state index is -4.11. The van der Waals surface area contributed by atoms with Crippen molar-refractivity contribution >= 4 is 10.4 Å². The van der Waals surface area contributed by atoms with E-state index < -0.39 is 10.4 Å². The molecule has 0 aromatic heterocycles. The van der Waals surface area contributed by atoms with Crippen molar-refractivity contribution in [2.45, 2.75) is 78.6 Å². The molecule has 5 nitrogen and oxygen atoms in total. The second kappa shape index (κ2) is 8.10. The van der Waals surface area contributed by atoms with Crippen LogP contribution in [0.25, 0.3) is 0 Å². The van der Waals surface area contributed by atoms with E-state index in [4.69, 9.17) is 8.37 Å². The third kappa shape index (κ3) is 3.97. The highest BCUT2D eigenvalue weighted by atomic mass is 32.3. The summed E-state index contributed by atoms with van der Waals surface area (Å²) in [4.78, 5) is 0. The van der Waals surface area contributed by atoms with Gasteiger partial charge >= 0.3 is 10.4 Å². The van der Waals surface area contributed by atoms with Crippen LogP contribution in [0.4, 0.5) is 0 Å². The number of unbranched alkanes of at least 4 members (excludes halogenated alkanes) is 3. The average Bonchev–Trinajstić information content (AvgIpc) is 2.87. The van der Waals surface area contributed by atoms with E-state index in [1.807, 2.05) is 0 Å². The topological polar surface area (TPSA) is 72.8 Å². The molecule has 2 rings (SSSR count). The summed E-state index contributed by atoms with van der Waals surface area (Å²) in [5.74, 6) is 0.116. The molecule has 0 spiro atoms. The first-order valence-electron chi connectivity index (χ1n) is 8.98. The van der Waals surface area contributed by atoms with E-state index in [2.05, 4.69) is 20.8 Å². The summed E-state index contributed by atoms with van der Waals surface area (Å²) < 4.78 is 33.5. The minimum Gasteiger partial charge on any atom is -0.504 e. The zero-order chi connectivity index (χ0) is 17.7. The molecule has 24 heavy (non-hydrogen) atoms. The molecule has 0 bridgehead atoms. The highest BCUT2D eigenvalue weighted by molar-refractivity contribution is 7.82. The Morgan fingerprint density at radius 1 is 0.750 bits per heavy atom. The Morgan fingerprint density at radius 2 is 1.21 bits per heavy atom. The lowest BCUT2D eigenvalue weighted by atomic mass is 9.89. The van der Waals surface area contributed by atoms with Gasteiger partial charge in [0.15, 0.2) is 11.5 Å². The molecule has 0 saturated carbocycles. The molecule has 6 heteroatoms. The van der Waals surface area contributed by atoms with Crippen molar-refractivity contribution in [1.82, 2.24) is 0 Å². The third-order valence-electron chi connectivity index (χ3n) is 4.42. The van der Waals surface area contributed by atoms with Gasteiger partial charge in [-0.3, -0.25) is 0 Å². The van der Waals surface area contributed by atoms with Crippen LogP contribution in [0.15, 0.2) is 0 Å². The SMILES string of the molecule is CCCCc1c(O)c2c(c(CCCC)c1CCCC)OS(=O)(=O)O2. The van der Waals surface area contributed by atoms with Gasteiger partial charge in [-0.1, -0.05) is 40.0 Å². The van der Waals surface area contributed by atoms with Crippen LogP contribution in [0.2, 0.25) is 0 Å². The first-order valence-corrected chi connectivity index (χ1v) is 10.3. The van der Waals surface area contributed by atoms with Gasteiger partial charge in [0.05, 0.1) is 0 Å². The molecule has 0 fully saturated rings. The number of aromatic hydroxyl groups is 1. The van der Waals surface area contributed by atoms with Crippen LogP contribution in [0.3, 0.4) is 0 Å². The smallest absolute Gasteiger partial charge is 0.501 e. The van der Waals surface area contributed by atoms with Crippen molar-refractivity contribution < 1.29 is 21.9 Å². The molecule has 0 saturated heterocycles. The Kier molecular flexibility index (Phi) is 6.38. The van der Waals surface area contributed by atoms with Crippen molar-refractivity contribution in [1.29, 1.82) is 0 Å². The highest BCUT2D eigenvalue weighted by Gasteiger charge is 2.37. The molecule has 1 aromatic carbocycles. The van der Waals surface area contributed by atoms with Crippen molar-refractivity contribution in [2.75, 3.05) is 0 Å². The minimum absolute atomic E-state index is 0.0209. The largest absolute Gasteiger partial charge is 0.504 e. The quantitative estimate of drug-likeness (QED) is 0.708. The van der Waals surface area contributed by atoms with E-state index in [0.717, 1.165) is 74.5 Å². The summed E-state index contributed by atoms with van der Waals surface area (Å²) in [6.07, 6.45) is 8.17. The molecule has 0 amide bonds. The zero-order valence-corrected chi connectivity index (χ0v) is 15.7. The van der Waals surface area contributed by atoms with Crippen molar-refractivity contribution in [3.05, 3.63) is 16.7 Å². The van der Waals surface area contributed by atoms with Crippen molar-refractivity contribution in [3.8, 4) is 17.2 Å². The second-order valence-corrected chi connectivity index (χ2v) is 7.48. The van der Waals surface area contributed by atoms with E-state index in [0.29, 0.717) is 0 Å². The molecule has 1 aliphatic heterocycles. The molecular formula is C18H28O5S. The molecule has 1 aliphatic rings. The van der Waals surface area contributed by atoms with Gasteiger partial charge in [0.1, 0.15) is 0 Å². The summed E-state index contributed by atoms with van der Waals surface area (Å²) in [5, 5.41) is 10.6. The summed E-state index contributed by atoms with van der Waals surface area (Å²) in [6.45, 7) is 6.31. The van der Waals surface area contributed by atoms with Crippen LogP contribution in [0.5, 0.6) is 17.2 Å². The van der Waals surface area contributed by atoms with Gasteiger partial charge in [0.2, 0.25) is 5.75 Å². The van der Waals surface area contributed by atoms with Gasteiger partial charge in [0, 0.05) is 11.1 Å². The van der Waals surface area contributed by atoms with E-state index in [-0.39, 0.29) is 17.2 Å². The number of fused-ring (bicyclic) bond motifs is 1. The monoisotopic (exact) mass is 356 g/mol. The number of hydrogen-bond donors (Lipinski definition) is 1. The third-order valence-corrected chi connectivity index (χ3v) is 5.16. The summed E-state index contributed by atoms with van der Waals surface area (Å²) in [6, 6.07) is 0. The van der Waals surface area contributed by atoms with Gasteiger partial charge in [-0.25, -0.2) is 0 Å². The molecule has 136 valence electrons. The number of phenols is 1. The Bertz CT molecular complexity index is 679. The van der Waals surface area contributed by atoms with Gasteiger partial charge < -0.3 is 13.5 Å². The first-order chi connectivity index (χ1) is 11.4. The second-order valence-electron chi connectivity index (χ2n) is 6.33. The molecule has 0 atom stereocenters. The van der Waals surface area contributed by atoms with Crippen LogP contribution in [0.1, 0.15) is 76.0 Å². The molecule has 0 aliphatic carbocycles. The van der Waals surface area contributed by atoms with Crippen molar-refractivity contribution in [3.63, 3.8) is 0 Å². The molecule has 1 N–H and O–H groups in total. The van der Waals surface area contributed by atoms with Crippen LogP contribution in [-0.2, 0) is 29.7 Å². The number of hydrogen-bond acceptors (Lipinski definition) is 5. The van der Waals surface area contributed by atoms with Gasteiger partial charge in [-0.2, -0.15) is 0 Å². The average molecular weight is 356 g/mol. The van der Waals surface area contributed by atoms with Gasteiger partial charge in [-0.05, 0) is 44.1 Å². The van der Waals surface area contributed by atoms with E-state index >= 15 is 0 Å². The maximum absolute atomic E-state index is 11.8. The van der Waals surface area contributed by atoms with E-state index in [1.54, 1.807) is 0 Å². The first kappa shape index (κ1) is 18.9. The van der Waals surface area contributed by atoms with Gasteiger partial charge in [-0.15, -0.1) is 8.42 Å². The predicted octanol–water partition coefficient (Wildman–Crippen LogP) is 4.44. The van der Waals surface area contributed by atoms with Crippen LogP contribution in [0, 0.1) is 0 Å². The molecule has 0 unspecified atom stereocenters. The van der Waals surface area contributed by atoms with Crippen LogP contribution < -0.4 is 8.37 Å². The Labute approximate surface area is 145 Å². The van der Waals surface area contributed by atoms with Gasteiger partial charge in [0.25, 0.3) is 0 Å². The Morgan fingerprint density at radius 3 is 1.75 bits per heavy atom. The number of benzene rings is 1. The maximum atomic E-state index is 11.8. The molecule has 1 aromatic rings. The molecule has 1 heterocycles. The van der Waals surface area contributed by atoms with E-state index in [9.17, 15) is 13.5 Å². The van der Waals surface area contributed by atoms with E-state index in [1.165, 1.54) is 0 Å². The highest BCUT2D eigenvalue weighted by Crippen LogP contribution is 2.50. The van der Waals surface area contributed by atoms with Crippen molar-refractivity contribution in [2.24, 2.45) is 0 Å². The fourth-order valence-electron chi connectivity index (χ4n) is 3.13. The summed E-state index contributed by atoms with van der Waals surface area (Å²) >= 11 is 0. The lowest BCUT2D eigenvalue weighted by Gasteiger charge is -2.18. The maximum Gasteiger partial charge on any atom is 0.501 e. The fraction of sp³-hybridized carbons (Fsp3) is 0.667. The summed E-state index contributed by atoms with van der Waals surface area (Å²) in [5.41, 5.74) is 2.77.